The summed E-state index contributed by atoms with van der Waals surface area (Å²) >= 11 is 0. The second-order valence-electron chi connectivity index (χ2n) is 7.83. The molecule has 1 N–H and O–H groups in total. The number of imide groups is 1. The van der Waals surface area contributed by atoms with E-state index in [4.69, 9.17) is 4.74 Å². The van der Waals surface area contributed by atoms with E-state index in [9.17, 15) is 14.4 Å². The van der Waals surface area contributed by atoms with Crippen molar-refractivity contribution >= 4 is 29.1 Å². The molecule has 6 heteroatoms. The average Bonchev–Trinajstić information content (AvgIpc) is 3.04. The molecule has 0 spiro atoms. The third-order valence-electron chi connectivity index (χ3n) is 5.39. The van der Waals surface area contributed by atoms with Crippen LogP contribution < -0.4 is 15.0 Å². The van der Waals surface area contributed by atoms with Crippen molar-refractivity contribution < 1.29 is 19.1 Å². The van der Waals surface area contributed by atoms with Gasteiger partial charge in [-0.25, -0.2) is 4.90 Å². The third kappa shape index (κ3) is 3.87. The fourth-order valence-corrected chi connectivity index (χ4v) is 3.78. The number of amides is 3. The Balaban J connectivity index is 1.60. The number of nitrogens with zero attached hydrogens (tertiary/aromatic N) is 1. The molecule has 6 nitrogen and oxygen atoms in total. The van der Waals surface area contributed by atoms with Crippen molar-refractivity contribution in [2.24, 2.45) is 0 Å². The molecule has 32 heavy (non-hydrogen) atoms. The quantitative estimate of drug-likeness (QED) is 0.543. The van der Waals surface area contributed by atoms with Crippen molar-refractivity contribution in [1.82, 2.24) is 0 Å². The molecule has 0 saturated carbocycles. The number of hydrogen-bond donors (Lipinski definition) is 1. The zero-order valence-corrected chi connectivity index (χ0v) is 18.2. The number of hydrogen-bond acceptors (Lipinski definition) is 4. The van der Waals surface area contributed by atoms with Crippen LogP contribution in [0.1, 0.15) is 63.3 Å². The van der Waals surface area contributed by atoms with Crippen LogP contribution in [-0.4, -0.2) is 24.3 Å². The Hall–Kier alpha value is -3.93. The summed E-state index contributed by atoms with van der Waals surface area (Å²) in [6, 6.07) is 19.0. The van der Waals surface area contributed by atoms with Gasteiger partial charge in [-0.2, -0.15) is 0 Å². The SMILES string of the molecule is CCOc1ccc(N2C(=O)c3ccc(C(=O)Nc4ccccc4C(C)C)cc3C2=O)cc1. The molecular weight excluding hydrogens is 404 g/mol. The maximum atomic E-state index is 13.0. The predicted molar refractivity (Wildman–Crippen MR) is 124 cm³/mol. The first-order chi connectivity index (χ1) is 15.4. The number of rotatable bonds is 6. The van der Waals surface area contributed by atoms with E-state index in [-0.39, 0.29) is 23.0 Å². The van der Waals surface area contributed by atoms with Crippen LogP contribution in [0.4, 0.5) is 11.4 Å². The predicted octanol–water partition coefficient (Wildman–Crippen LogP) is 5.26. The maximum Gasteiger partial charge on any atom is 0.266 e. The summed E-state index contributed by atoms with van der Waals surface area (Å²) in [5, 5.41) is 2.92. The number of para-hydroxylation sites is 1. The first kappa shape index (κ1) is 21.3. The van der Waals surface area contributed by atoms with Gasteiger partial charge in [-0.3, -0.25) is 14.4 Å². The fourth-order valence-electron chi connectivity index (χ4n) is 3.78. The van der Waals surface area contributed by atoms with E-state index in [0.29, 0.717) is 23.6 Å². The van der Waals surface area contributed by atoms with Gasteiger partial charge in [-0.1, -0.05) is 32.0 Å². The van der Waals surface area contributed by atoms with Crippen LogP contribution in [0.5, 0.6) is 5.75 Å². The molecule has 0 unspecified atom stereocenters. The number of ether oxygens (including phenoxy) is 1. The smallest absolute Gasteiger partial charge is 0.266 e. The van der Waals surface area contributed by atoms with Gasteiger partial charge >= 0.3 is 0 Å². The Bertz CT molecular complexity index is 1200. The van der Waals surface area contributed by atoms with E-state index in [1.807, 2.05) is 31.2 Å². The van der Waals surface area contributed by atoms with Crippen LogP contribution in [0.25, 0.3) is 0 Å². The van der Waals surface area contributed by atoms with Crippen molar-refractivity contribution in [3.05, 3.63) is 89.0 Å². The standard InChI is InChI=1S/C26H24N2O4/c1-4-32-19-12-10-18(11-13-19)28-25(30)21-14-9-17(15-22(21)26(28)31)24(29)27-23-8-6-5-7-20(23)16(2)3/h5-16H,4H2,1-3H3,(H,27,29). The first-order valence-corrected chi connectivity index (χ1v) is 10.6. The Labute approximate surface area is 186 Å². The van der Waals surface area contributed by atoms with Crippen molar-refractivity contribution in [3.63, 3.8) is 0 Å². The Morgan fingerprint density at radius 3 is 2.31 bits per heavy atom. The van der Waals surface area contributed by atoms with Gasteiger partial charge in [0.05, 0.1) is 23.4 Å². The average molecular weight is 428 g/mol. The molecule has 3 aromatic carbocycles. The molecule has 1 aliphatic heterocycles. The second-order valence-corrected chi connectivity index (χ2v) is 7.83. The van der Waals surface area contributed by atoms with Crippen molar-refractivity contribution in [1.29, 1.82) is 0 Å². The zero-order valence-electron chi connectivity index (χ0n) is 18.2. The second kappa shape index (κ2) is 8.67. The lowest BCUT2D eigenvalue weighted by atomic mass is 10.0. The van der Waals surface area contributed by atoms with Crippen LogP contribution in [0.15, 0.2) is 66.7 Å². The molecule has 1 heterocycles. The number of nitrogens with one attached hydrogen (secondary N) is 1. The molecule has 0 aromatic heterocycles. The molecule has 0 atom stereocenters. The first-order valence-electron chi connectivity index (χ1n) is 10.6. The normalized spacial score (nSPS) is 12.8. The van der Waals surface area contributed by atoms with Crippen LogP contribution in [0, 0.1) is 0 Å². The van der Waals surface area contributed by atoms with E-state index in [1.165, 1.54) is 12.1 Å². The van der Waals surface area contributed by atoms with E-state index in [0.717, 1.165) is 16.2 Å². The molecular formula is C26H24N2O4. The minimum Gasteiger partial charge on any atom is -0.494 e. The molecule has 162 valence electrons. The van der Waals surface area contributed by atoms with Crippen LogP contribution in [-0.2, 0) is 0 Å². The molecule has 0 saturated heterocycles. The topological polar surface area (TPSA) is 75.7 Å². The lowest BCUT2D eigenvalue weighted by molar-refractivity contribution is 0.0925. The molecule has 3 amide bonds. The van der Waals surface area contributed by atoms with E-state index in [2.05, 4.69) is 19.2 Å². The Kier molecular flexibility index (Phi) is 5.77. The third-order valence-corrected chi connectivity index (χ3v) is 5.39. The van der Waals surface area contributed by atoms with Gasteiger partial charge in [-0.15, -0.1) is 0 Å². The van der Waals surface area contributed by atoms with E-state index >= 15 is 0 Å². The molecule has 4 rings (SSSR count). The van der Waals surface area contributed by atoms with Gasteiger partial charge < -0.3 is 10.1 Å². The van der Waals surface area contributed by atoms with Crippen molar-refractivity contribution in [2.75, 3.05) is 16.8 Å². The summed E-state index contributed by atoms with van der Waals surface area (Å²) < 4.78 is 5.42. The highest BCUT2D eigenvalue weighted by molar-refractivity contribution is 6.34. The lowest BCUT2D eigenvalue weighted by Crippen LogP contribution is -2.29. The molecule has 3 aromatic rings. The Morgan fingerprint density at radius 2 is 1.62 bits per heavy atom. The molecule has 0 aliphatic carbocycles. The van der Waals surface area contributed by atoms with Gasteiger partial charge in [-0.05, 0) is 66.9 Å². The van der Waals surface area contributed by atoms with Gasteiger partial charge in [0.25, 0.3) is 17.7 Å². The summed E-state index contributed by atoms with van der Waals surface area (Å²) in [5.41, 5.74) is 3.02. The maximum absolute atomic E-state index is 13.0. The number of benzene rings is 3. The minimum atomic E-state index is -0.452. The number of carbonyl (C=O) groups excluding carboxylic acids is 3. The van der Waals surface area contributed by atoms with Crippen molar-refractivity contribution in [2.45, 2.75) is 26.7 Å². The van der Waals surface area contributed by atoms with E-state index in [1.54, 1.807) is 30.3 Å². The number of fused-ring (bicyclic) bond motifs is 1. The summed E-state index contributed by atoms with van der Waals surface area (Å²) in [7, 11) is 0. The summed E-state index contributed by atoms with van der Waals surface area (Å²) in [5.74, 6) is -0.291. The minimum absolute atomic E-state index is 0.216. The summed E-state index contributed by atoms with van der Waals surface area (Å²) in [6.07, 6.45) is 0. The zero-order chi connectivity index (χ0) is 22.8. The molecule has 1 aliphatic rings. The van der Waals surface area contributed by atoms with Crippen molar-refractivity contribution in [3.8, 4) is 5.75 Å². The largest absolute Gasteiger partial charge is 0.494 e. The van der Waals surface area contributed by atoms with Crippen LogP contribution in [0.3, 0.4) is 0 Å². The van der Waals surface area contributed by atoms with Gasteiger partial charge in [0.2, 0.25) is 0 Å². The molecule has 0 bridgehead atoms. The highest BCUT2D eigenvalue weighted by Crippen LogP contribution is 2.31. The number of anilines is 2. The fraction of sp³-hybridized carbons (Fsp3) is 0.192. The lowest BCUT2D eigenvalue weighted by Gasteiger charge is -2.14. The highest BCUT2D eigenvalue weighted by atomic mass is 16.5. The summed E-state index contributed by atoms with van der Waals surface area (Å²) in [4.78, 5) is 39.9. The number of carbonyl (C=O) groups is 3. The van der Waals surface area contributed by atoms with E-state index < -0.39 is 11.8 Å². The van der Waals surface area contributed by atoms with Crippen LogP contribution >= 0.6 is 0 Å². The van der Waals surface area contributed by atoms with Crippen LogP contribution in [0.2, 0.25) is 0 Å². The molecule has 0 radical (unpaired) electrons. The van der Waals surface area contributed by atoms with Gasteiger partial charge in [0.15, 0.2) is 0 Å². The highest BCUT2D eigenvalue weighted by Gasteiger charge is 2.37. The molecule has 0 fully saturated rings. The van der Waals surface area contributed by atoms with Gasteiger partial charge in [0.1, 0.15) is 5.75 Å². The monoisotopic (exact) mass is 428 g/mol. The Morgan fingerprint density at radius 1 is 0.938 bits per heavy atom. The summed E-state index contributed by atoms with van der Waals surface area (Å²) in [6.45, 7) is 6.52. The van der Waals surface area contributed by atoms with Gasteiger partial charge in [0, 0.05) is 11.3 Å².